The second kappa shape index (κ2) is 4.45. The van der Waals surface area contributed by atoms with Crippen LogP contribution < -0.4 is 5.32 Å². The largest absolute Gasteiger partial charge is 0.508 e. The molecule has 0 spiro atoms. The van der Waals surface area contributed by atoms with E-state index in [9.17, 15) is 14.7 Å². The molecule has 0 aromatic heterocycles. The first kappa shape index (κ1) is 11.0. The summed E-state index contributed by atoms with van der Waals surface area (Å²) in [4.78, 5) is 21.3. The van der Waals surface area contributed by atoms with E-state index < -0.39 is 18.3 Å². The number of phenolic OH excluding ortho intramolecular Hbond substituents is 1. The maximum Gasteiger partial charge on any atom is 0.312 e. The molecule has 0 heterocycles. The average Bonchev–Trinajstić information content (AvgIpc) is 2.10. The number of carboxylic acid groups (broad SMARTS) is 1. The van der Waals surface area contributed by atoms with Crippen LogP contribution in [0.25, 0.3) is 0 Å². The van der Waals surface area contributed by atoms with E-state index in [0.29, 0.717) is 11.3 Å². The lowest BCUT2D eigenvalue weighted by Crippen LogP contribution is -2.15. The number of phenols is 1. The molecule has 0 bridgehead atoms. The summed E-state index contributed by atoms with van der Waals surface area (Å²) in [6.07, 6.45) is -0.589. The Bertz CT molecular complexity index is 400. The number of nitrogens with one attached hydrogen (secondary N) is 1. The molecule has 1 amide bonds. The van der Waals surface area contributed by atoms with E-state index in [-0.39, 0.29) is 5.75 Å². The Labute approximate surface area is 86.4 Å². The van der Waals surface area contributed by atoms with Gasteiger partial charge in [-0.3, -0.25) is 9.59 Å². The number of hydrogen-bond acceptors (Lipinski definition) is 3. The van der Waals surface area contributed by atoms with Crippen LogP contribution >= 0.6 is 0 Å². The third-order valence-electron chi connectivity index (χ3n) is 1.80. The standard InChI is InChI=1S/C10H11NO4/c1-6-2-3-7(4-8(6)12)11-9(13)5-10(14)15/h2-4,12H,5H2,1H3,(H,11,13)(H,14,15). The maximum absolute atomic E-state index is 11.0. The minimum atomic E-state index is -1.19. The Morgan fingerprint density at radius 2 is 2.07 bits per heavy atom. The smallest absolute Gasteiger partial charge is 0.312 e. The highest BCUT2D eigenvalue weighted by atomic mass is 16.4. The molecule has 0 saturated heterocycles. The number of anilines is 1. The predicted molar refractivity (Wildman–Crippen MR) is 53.7 cm³/mol. The van der Waals surface area contributed by atoms with E-state index >= 15 is 0 Å². The van der Waals surface area contributed by atoms with Crippen molar-refractivity contribution in [3.63, 3.8) is 0 Å². The summed E-state index contributed by atoms with van der Waals surface area (Å²) in [6, 6.07) is 4.59. The molecule has 1 aromatic rings. The molecule has 0 unspecified atom stereocenters. The molecule has 5 nitrogen and oxygen atoms in total. The number of aromatic hydroxyl groups is 1. The van der Waals surface area contributed by atoms with Crippen molar-refractivity contribution in [2.24, 2.45) is 0 Å². The van der Waals surface area contributed by atoms with Crippen molar-refractivity contribution in [1.82, 2.24) is 0 Å². The first-order chi connectivity index (χ1) is 6.99. The van der Waals surface area contributed by atoms with Crippen LogP contribution in [0.2, 0.25) is 0 Å². The minimum absolute atomic E-state index is 0.0584. The van der Waals surface area contributed by atoms with Crippen LogP contribution in [0.5, 0.6) is 5.75 Å². The van der Waals surface area contributed by atoms with Crippen LogP contribution in [0.1, 0.15) is 12.0 Å². The van der Waals surface area contributed by atoms with Gasteiger partial charge in [-0.1, -0.05) is 6.07 Å². The van der Waals surface area contributed by atoms with Gasteiger partial charge < -0.3 is 15.5 Å². The van der Waals surface area contributed by atoms with E-state index in [1.54, 1.807) is 19.1 Å². The third-order valence-corrected chi connectivity index (χ3v) is 1.80. The molecule has 0 fully saturated rings. The molecule has 0 aliphatic heterocycles. The topological polar surface area (TPSA) is 86.6 Å². The maximum atomic E-state index is 11.0. The van der Waals surface area contributed by atoms with E-state index in [1.807, 2.05) is 0 Å². The average molecular weight is 209 g/mol. The van der Waals surface area contributed by atoms with Gasteiger partial charge in [-0.2, -0.15) is 0 Å². The third kappa shape index (κ3) is 3.30. The number of carbonyl (C=O) groups excluding carboxylic acids is 1. The van der Waals surface area contributed by atoms with Gasteiger partial charge in [-0.15, -0.1) is 0 Å². The molecule has 0 radical (unpaired) electrons. The second-order valence-electron chi connectivity index (χ2n) is 3.12. The number of amides is 1. The zero-order chi connectivity index (χ0) is 11.4. The molecule has 1 aromatic carbocycles. The Kier molecular flexibility index (Phi) is 3.28. The fourth-order valence-corrected chi connectivity index (χ4v) is 1.03. The van der Waals surface area contributed by atoms with Crippen molar-refractivity contribution in [2.75, 3.05) is 5.32 Å². The Hall–Kier alpha value is -2.04. The lowest BCUT2D eigenvalue weighted by Gasteiger charge is -2.05. The number of carbonyl (C=O) groups is 2. The molecule has 0 aliphatic rings. The number of aliphatic carboxylic acids is 1. The lowest BCUT2D eigenvalue weighted by atomic mass is 10.2. The summed E-state index contributed by atoms with van der Waals surface area (Å²) in [5.74, 6) is -1.75. The van der Waals surface area contributed by atoms with Gasteiger partial charge in [0.25, 0.3) is 0 Å². The number of hydrogen-bond donors (Lipinski definition) is 3. The molecule has 3 N–H and O–H groups in total. The highest BCUT2D eigenvalue weighted by molar-refractivity contribution is 6.01. The lowest BCUT2D eigenvalue weighted by molar-refractivity contribution is -0.139. The first-order valence-electron chi connectivity index (χ1n) is 4.30. The zero-order valence-corrected chi connectivity index (χ0v) is 8.15. The Balaban J connectivity index is 2.69. The first-order valence-corrected chi connectivity index (χ1v) is 4.30. The van der Waals surface area contributed by atoms with Crippen LogP contribution in [0, 0.1) is 6.92 Å². The fourth-order valence-electron chi connectivity index (χ4n) is 1.03. The molecule has 80 valence electrons. The SMILES string of the molecule is Cc1ccc(NC(=O)CC(=O)O)cc1O. The summed E-state index contributed by atoms with van der Waals surface area (Å²) in [5.41, 5.74) is 1.07. The number of benzene rings is 1. The Morgan fingerprint density at radius 3 is 2.60 bits per heavy atom. The molecular weight excluding hydrogens is 198 g/mol. The van der Waals surface area contributed by atoms with Crippen molar-refractivity contribution in [2.45, 2.75) is 13.3 Å². The van der Waals surface area contributed by atoms with Gasteiger partial charge in [0.05, 0.1) is 0 Å². The molecule has 0 atom stereocenters. The van der Waals surface area contributed by atoms with Gasteiger partial charge in [0.15, 0.2) is 0 Å². The molecular formula is C10H11NO4. The predicted octanol–water partition coefficient (Wildman–Crippen LogP) is 1.11. The van der Waals surface area contributed by atoms with Crippen LogP contribution in [0.3, 0.4) is 0 Å². The summed E-state index contributed by atoms with van der Waals surface area (Å²) < 4.78 is 0. The zero-order valence-electron chi connectivity index (χ0n) is 8.15. The second-order valence-corrected chi connectivity index (χ2v) is 3.12. The summed E-state index contributed by atoms with van der Waals surface area (Å²) in [5, 5.41) is 20.0. The molecule has 1 rings (SSSR count). The highest BCUT2D eigenvalue weighted by Gasteiger charge is 2.08. The normalized spacial score (nSPS) is 9.67. The van der Waals surface area contributed by atoms with Gasteiger partial charge in [-0.25, -0.2) is 0 Å². The van der Waals surface area contributed by atoms with Crippen molar-refractivity contribution < 1.29 is 19.8 Å². The highest BCUT2D eigenvalue weighted by Crippen LogP contribution is 2.20. The van der Waals surface area contributed by atoms with E-state index in [2.05, 4.69) is 5.32 Å². The summed E-state index contributed by atoms with van der Waals surface area (Å²) in [7, 11) is 0. The Morgan fingerprint density at radius 1 is 1.40 bits per heavy atom. The van der Waals surface area contributed by atoms with E-state index in [4.69, 9.17) is 5.11 Å². The number of carboxylic acids is 1. The number of aryl methyl sites for hydroxylation is 1. The van der Waals surface area contributed by atoms with Crippen molar-refractivity contribution >= 4 is 17.6 Å². The van der Waals surface area contributed by atoms with E-state index in [0.717, 1.165) is 0 Å². The van der Waals surface area contributed by atoms with Crippen LogP contribution in [0.15, 0.2) is 18.2 Å². The van der Waals surface area contributed by atoms with Crippen molar-refractivity contribution in [3.05, 3.63) is 23.8 Å². The van der Waals surface area contributed by atoms with Gasteiger partial charge in [0.2, 0.25) is 5.91 Å². The summed E-state index contributed by atoms with van der Waals surface area (Å²) in [6.45, 7) is 1.72. The van der Waals surface area contributed by atoms with Crippen molar-refractivity contribution in [3.8, 4) is 5.75 Å². The minimum Gasteiger partial charge on any atom is -0.508 e. The van der Waals surface area contributed by atoms with E-state index in [1.165, 1.54) is 6.07 Å². The van der Waals surface area contributed by atoms with Crippen LogP contribution in [-0.4, -0.2) is 22.1 Å². The van der Waals surface area contributed by atoms with Crippen LogP contribution in [0.4, 0.5) is 5.69 Å². The molecule has 0 saturated carbocycles. The van der Waals surface area contributed by atoms with Crippen LogP contribution in [-0.2, 0) is 9.59 Å². The van der Waals surface area contributed by atoms with Crippen molar-refractivity contribution in [1.29, 1.82) is 0 Å². The van der Waals surface area contributed by atoms with Gasteiger partial charge in [-0.05, 0) is 18.6 Å². The monoisotopic (exact) mass is 209 g/mol. The summed E-state index contributed by atoms with van der Waals surface area (Å²) >= 11 is 0. The molecule has 0 aliphatic carbocycles. The quantitative estimate of drug-likeness (QED) is 0.651. The fraction of sp³-hybridized carbons (Fsp3) is 0.200. The van der Waals surface area contributed by atoms with Gasteiger partial charge in [0, 0.05) is 11.8 Å². The van der Waals surface area contributed by atoms with Gasteiger partial charge >= 0.3 is 5.97 Å². The number of rotatable bonds is 3. The molecule has 15 heavy (non-hydrogen) atoms. The molecule has 5 heteroatoms. The van der Waals surface area contributed by atoms with Gasteiger partial charge in [0.1, 0.15) is 12.2 Å².